The molecule has 3 heterocycles. The van der Waals surface area contributed by atoms with Crippen LogP contribution in [0.3, 0.4) is 0 Å². The van der Waals surface area contributed by atoms with Gasteiger partial charge in [0.25, 0.3) is 0 Å². The Morgan fingerprint density at radius 1 is 1.40 bits per heavy atom. The third kappa shape index (κ3) is 3.26. The Hall–Kier alpha value is -0.910. The molecule has 3 aliphatic rings. The summed E-state index contributed by atoms with van der Waals surface area (Å²) in [5.74, 6) is 1.39. The number of piperidine rings is 1. The van der Waals surface area contributed by atoms with Crippen LogP contribution in [0.15, 0.2) is 17.5 Å². The zero-order valence-electron chi connectivity index (χ0n) is 15.3. The monoisotopic (exact) mass is 361 g/mol. The normalized spacial score (nSPS) is 36.1. The molecule has 25 heavy (non-hydrogen) atoms. The molecule has 3 fully saturated rings. The highest BCUT2D eigenvalue weighted by molar-refractivity contribution is 7.10. The minimum absolute atomic E-state index is 0.128. The second-order valence-electron chi connectivity index (χ2n) is 8.28. The molecule has 2 saturated heterocycles. The molecule has 1 saturated carbocycles. The molecule has 5 heteroatoms. The Morgan fingerprint density at radius 2 is 2.32 bits per heavy atom. The fourth-order valence-electron chi connectivity index (χ4n) is 5.47. The second-order valence-corrected chi connectivity index (χ2v) is 9.26. The van der Waals surface area contributed by atoms with Crippen molar-refractivity contribution in [1.29, 1.82) is 0 Å². The fraction of sp³-hybridized carbons (Fsp3) is 0.750. The predicted molar refractivity (Wildman–Crippen MR) is 103 cm³/mol. The minimum atomic E-state index is -0.128. The van der Waals surface area contributed by atoms with Crippen molar-refractivity contribution in [3.8, 4) is 0 Å². The van der Waals surface area contributed by atoms with Crippen LogP contribution in [0, 0.1) is 17.3 Å². The van der Waals surface area contributed by atoms with Crippen LogP contribution in [-0.4, -0.2) is 44.0 Å². The highest BCUT2D eigenvalue weighted by Gasteiger charge is 2.49. The Bertz CT molecular complexity index is 590. The first kappa shape index (κ1) is 17.5. The number of amides is 1. The van der Waals surface area contributed by atoms with Crippen LogP contribution in [-0.2, 0) is 4.79 Å². The van der Waals surface area contributed by atoms with Gasteiger partial charge in [-0.15, -0.1) is 11.3 Å². The molecule has 0 aromatic carbocycles. The van der Waals surface area contributed by atoms with Crippen LogP contribution in [0.4, 0.5) is 0 Å². The van der Waals surface area contributed by atoms with Gasteiger partial charge in [0.05, 0.1) is 5.41 Å². The van der Waals surface area contributed by atoms with Gasteiger partial charge in [-0.25, -0.2) is 0 Å². The van der Waals surface area contributed by atoms with E-state index >= 15 is 0 Å². The maximum atomic E-state index is 13.2. The van der Waals surface area contributed by atoms with E-state index in [1.165, 1.54) is 37.0 Å². The molecule has 2 aliphatic heterocycles. The van der Waals surface area contributed by atoms with E-state index in [0.29, 0.717) is 23.8 Å². The van der Waals surface area contributed by atoms with E-state index in [-0.39, 0.29) is 5.41 Å². The summed E-state index contributed by atoms with van der Waals surface area (Å²) in [4.78, 5) is 17.1. The average Bonchev–Trinajstić information content (AvgIpc) is 3.29. The van der Waals surface area contributed by atoms with Crippen molar-refractivity contribution >= 4 is 17.2 Å². The molecule has 0 spiro atoms. The lowest BCUT2D eigenvalue weighted by Gasteiger charge is -2.41. The molecular weight excluding hydrogens is 330 g/mol. The second kappa shape index (κ2) is 7.37. The number of nitrogens with zero attached hydrogens (tertiary/aromatic N) is 1. The molecule has 1 aliphatic carbocycles. The number of carbonyl (C=O) groups is 1. The number of nitrogens with one attached hydrogen (secondary N) is 2. The zero-order chi connectivity index (χ0) is 17.3. The van der Waals surface area contributed by atoms with Crippen LogP contribution in [0.1, 0.15) is 49.4 Å². The number of rotatable bonds is 4. The zero-order valence-corrected chi connectivity index (χ0v) is 16.1. The Kier molecular flexibility index (Phi) is 5.16. The van der Waals surface area contributed by atoms with Gasteiger partial charge in [-0.3, -0.25) is 9.69 Å². The van der Waals surface area contributed by atoms with Crippen molar-refractivity contribution in [3.63, 3.8) is 0 Å². The molecule has 2 N–H and O–H groups in total. The molecule has 1 aromatic rings. The lowest BCUT2D eigenvalue weighted by atomic mass is 9.67. The fourth-order valence-corrected chi connectivity index (χ4v) is 6.46. The van der Waals surface area contributed by atoms with E-state index in [1.807, 2.05) is 11.3 Å². The molecule has 2 unspecified atom stereocenters. The number of thiophene rings is 1. The number of hydrogen-bond donors (Lipinski definition) is 2. The summed E-state index contributed by atoms with van der Waals surface area (Å²) in [6.45, 7) is 3.88. The van der Waals surface area contributed by atoms with Gasteiger partial charge in [-0.1, -0.05) is 18.9 Å². The molecular formula is C20H31N3OS. The summed E-state index contributed by atoms with van der Waals surface area (Å²) in [6, 6.07) is 4.85. The van der Waals surface area contributed by atoms with Gasteiger partial charge in [0.1, 0.15) is 0 Å². The third-order valence-electron chi connectivity index (χ3n) is 6.86. The number of likely N-dealkylation sites (tertiary alicyclic amines) is 1. The summed E-state index contributed by atoms with van der Waals surface area (Å²) in [7, 11) is 2.23. The number of carbonyl (C=O) groups excluding carboxylic acids is 1. The smallest absolute Gasteiger partial charge is 0.227 e. The first-order valence-electron chi connectivity index (χ1n) is 9.93. The van der Waals surface area contributed by atoms with Crippen LogP contribution in [0.2, 0.25) is 0 Å². The van der Waals surface area contributed by atoms with Gasteiger partial charge in [0.2, 0.25) is 5.91 Å². The van der Waals surface area contributed by atoms with E-state index in [2.05, 4.69) is 40.1 Å². The molecule has 1 amide bonds. The first-order chi connectivity index (χ1) is 12.2. The van der Waals surface area contributed by atoms with E-state index in [4.69, 9.17) is 0 Å². The van der Waals surface area contributed by atoms with Gasteiger partial charge in [0.15, 0.2) is 0 Å². The molecule has 0 radical (unpaired) electrons. The highest BCUT2D eigenvalue weighted by Crippen LogP contribution is 2.44. The van der Waals surface area contributed by atoms with E-state index in [0.717, 1.165) is 32.6 Å². The Labute approximate surface area is 155 Å². The molecule has 4 atom stereocenters. The third-order valence-corrected chi connectivity index (χ3v) is 7.80. The average molecular weight is 362 g/mol. The summed E-state index contributed by atoms with van der Waals surface area (Å²) in [6.07, 6.45) is 7.21. The molecule has 0 bridgehead atoms. The molecule has 138 valence electrons. The van der Waals surface area contributed by atoms with E-state index in [9.17, 15) is 4.79 Å². The number of hydrogen-bond acceptors (Lipinski definition) is 4. The largest absolute Gasteiger partial charge is 0.355 e. The molecule has 4 rings (SSSR count). The van der Waals surface area contributed by atoms with Crippen molar-refractivity contribution < 1.29 is 4.79 Å². The van der Waals surface area contributed by atoms with Gasteiger partial charge in [0, 0.05) is 24.0 Å². The SMILES string of the molecule is CN1CCCC(CNC(=O)[C@@]23CCCC[C@H]2CNC3)C1c1cccs1. The van der Waals surface area contributed by atoms with Gasteiger partial charge in [-0.2, -0.15) is 0 Å². The summed E-state index contributed by atoms with van der Waals surface area (Å²) < 4.78 is 0. The quantitative estimate of drug-likeness (QED) is 0.866. The van der Waals surface area contributed by atoms with Gasteiger partial charge >= 0.3 is 0 Å². The Balaban J connectivity index is 1.43. The van der Waals surface area contributed by atoms with Crippen molar-refractivity contribution in [2.75, 3.05) is 33.2 Å². The van der Waals surface area contributed by atoms with Crippen molar-refractivity contribution in [1.82, 2.24) is 15.5 Å². The predicted octanol–water partition coefficient (Wildman–Crippen LogP) is 3.03. The lowest BCUT2D eigenvalue weighted by molar-refractivity contribution is -0.134. The minimum Gasteiger partial charge on any atom is -0.355 e. The van der Waals surface area contributed by atoms with Crippen LogP contribution in [0.5, 0.6) is 0 Å². The molecule has 1 aromatic heterocycles. The summed E-state index contributed by atoms with van der Waals surface area (Å²) >= 11 is 1.85. The van der Waals surface area contributed by atoms with Crippen LogP contribution in [0.25, 0.3) is 0 Å². The summed E-state index contributed by atoms with van der Waals surface area (Å²) in [5, 5.41) is 9.06. The van der Waals surface area contributed by atoms with E-state index in [1.54, 1.807) is 0 Å². The van der Waals surface area contributed by atoms with E-state index < -0.39 is 0 Å². The maximum Gasteiger partial charge on any atom is 0.227 e. The highest BCUT2D eigenvalue weighted by atomic mass is 32.1. The maximum absolute atomic E-state index is 13.2. The van der Waals surface area contributed by atoms with Crippen molar-refractivity contribution in [2.45, 2.75) is 44.6 Å². The molecule has 4 nitrogen and oxygen atoms in total. The lowest BCUT2D eigenvalue weighted by Crippen LogP contribution is -2.50. The first-order valence-corrected chi connectivity index (χ1v) is 10.8. The van der Waals surface area contributed by atoms with Gasteiger partial charge < -0.3 is 10.6 Å². The summed E-state index contributed by atoms with van der Waals surface area (Å²) in [5.41, 5.74) is -0.128. The van der Waals surface area contributed by atoms with Gasteiger partial charge in [-0.05, 0) is 69.1 Å². The Morgan fingerprint density at radius 3 is 3.16 bits per heavy atom. The topological polar surface area (TPSA) is 44.4 Å². The van der Waals surface area contributed by atoms with Crippen molar-refractivity contribution in [2.24, 2.45) is 17.3 Å². The number of fused-ring (bicyclic) bond motifs is 1. The van der Waals surface area contributed by atoms with Crippen LogP contribution < -0.4 is 10.6 Å². The van der Waals surface area contributed by atoms with Crippen molar-refractivity contribution in [3.05, 3.63) is 22.4 Å². The van der Waals surface area contributed by atoms with Crippen LogP contribution >= 0.6 is 11.3 Å². The standard InChI is InChI=1S/C20H31N3OS/c1-23-10-4-6-15(18(23)17-8-5-11-25-17)12-22-19(24)20-9-3-2-7-16(20)13-21-14-20/h5,8,11,15-16,18,21H,2-4,6-7,9-10,12-14H2,1H3,(H,22,24)/t15?,16-,18?,20+/m0/s1.